The van der Waals surface area contributed by atoms with Crippen molar-refractivity contribution >= 4 is 24.0 Å². The highest BCUT2D eigenvalue weighted by molar-refractivity contribution is 5.88. The number of ether oxygens (including phenoxy) is 2. The van der Waals surface area contributed by atoms with Crippen LogP contribution in [0.2, 0.25) is 0 Å². The van der Waals surface area contributed by atoms with Crippen molar-refractivity contribution < 1.29 is 19.1 Å². The molecule has 0 radical (unpaired) electrons. The van der Waals surface area contributed by atoms with Crippen molar-refractivity contribution in [3.63, 3.8) is 0 Å². The van der Waals surface area contributed by atoms with Gasteiger partial charge in [-0.2, -0.15) is 0 Å². The Kier molecular flexibility index (Phi) is 12.1. The average molecular weight is 579 g/mol. The number of aryl methyl sites for hydroxylation is 1. The summed E-state index contributed by atoms with van der Waals surface area (Å²) >= 11 is 0. The number of amides is 2. The minimum atomic E-state index is -0.183. The molecule has 0 atom stereocenters. The van der Waals surface area contributed by atoms with E-state index in [-0.39, 0.29) is 17.2 Å². The second-order valence-corrected chi connectivity index (χ2v) is 11.1. The lowest BCUT2D eigenvalue weighted by molar-refractivity contribution is -0.117. The highest BCUT2D eigenvalue weighted by atomic mass is 16.5. The van der Waals surface area contributed by atoms with E-state index in [2.05, 4.69) is 43.5 Å². The standard InChI is InChI=1S/C37H42N2O4/c1-27-15-20-30(33(23-27)42-5)11-7-9-13-35(40)38-25-28-16-18-29(19-17-28)26-39-36(41)14-10-8-12-31-21-22-32(37(2,3)4)24-34(31)43-6/h7-24H,25-26H2,1-6H3,(H,38,40)(H,39,41)/b11-7+,12-8+,13-9+,14-10+. The number of hydrogen-bond acceptors (Lipinski definition) is 4. The van der Waals surface area contributed by atoms with Gasteiger partial charge in [0, 0.05) is 36.4 Å². The molecule has 224 valence electrons. The Morgan fingerprint density at radius 3 is 1.60 bits per heavy atom. The monoisotopic (exact) mass is 578 g/mol. The lowest BCUT2D eigenvalue weighted by atomic mass is 9.86. The van der Waals surface area contributed by atoms with Crippen LogP contribution >= 0.6 is 0 Å². The van der Waals surface area contributed by atoms with Crippen LogP contribution < -0.4 is 20.1 Å². The number of carbonyl (C=O) groups is 2. The molecule has 2 N–H and O–H groups in total. The first kappa shape index (κ1) is 32.7. The molecule has 0 saturated carbocycles. The average Bonchev–Trinajstić information content (AvgIpc) is 2.99. The zero-order valence-corrected chi connectivity index (χ0v) is 25.9. The molecule has 0 unspecified atom stereocenters. The third-order valence-electron chi connectivity index (χ3n) is 6.71. The first-order chi connectivity index (χ1) is 20.6. The fraction of sp³-hybridized carbons (Fsp3) is 0.243. The number of nitrogens with one attached hydrogen (secondary N) is 2. The normalized spacial score (nSPS) is 12.0. The summed E-state index contributed by atoms with van der Waals surface area (Å²) in [6.07, 6.45) is 13.8. The molecule has 0 saturated heterocycles. The summed E-state index contributed by atoms with van der Waals surface area (Å²) in [6, 6.07) is 19.9. The van der Waals surface area contributed by atoms with E-state index in [0.29, 0.717) is 13.1 Å². The fourth-order valence-corrected chi connectivity index (χ4v) is 4.15. The summed E-state index contributed by atoms with van der Waals surface area (Å²) in [7, 11) is 3.30. The van der Waals surface area contributed by atoms with Gasteiger partial charge in [-0.15, -0.1) is 0 Å². The van der Waals surface area contributed by atoms with Crippen LogP contribution in [0.15, 0.2) is 97.1 Å². The molecular weight excluding hydrogens is 536 g/mol. The molecule has 2 amide bonds. The molecule has 0 fully saturated rings. The zero-order valence-electron chi connectivity index (χ0n) is 25.9. The quantitative estimate of drug-likeness (QED) is 0.178. The summed E-state index contributed by atoms with van der Waals surface area (Å²) in [5.74, 6) is 1.23. The van der Waals surface area contributed by atoms with E-state index in [4.69, 9.17) is 9.47 Å². The van der Waals surface area contributed by atoms with E-state index in [9.17, 15) is 9.59 Å². The van der Waals surface area contributed by atoms with Crippen LogP contribution in [0.25, 0.3) is 12.2 Å². The molecule has 6 nitrogen and oxygen atoms in total. The van der Waals surface area contributed by atoms with E-state index in [1.807, 2.05) is 79.8 Å². The SMILES string of the molecule is COc1cc(C)ccc1/C=C/C=C/C(=O)NCc1ccc(CNC(=O)/C=C/C=C/c2ccc(C(C)(C)C)cc2OC)cc1. The molecule has 0 aliphatic carbocycles. The second-order valence-electron chi connectivity index (χ2n) is 11.1. The van der Waals surface area contributed by atoms with E-state index < -0.39 is 0 Å². The summed E-state index contributed by atoms with van der Waals surface area (Å²) in [4.78, 5) is 24.5. The van der Waals surface area contributed by atoms with Crippen molar-refractivity contribution in [1.29, 1.82) is 0 Å². The van der Waals surface area contributed by atoms with Crippen molar-refractivity contribution in [3.8, 4) is 11.5 Å². The van der Waals surface area contributed by atoms with Gasteiger partial charge in [-0.05, 0) is 46.7 Å². The third kappa shape index (κ3) is 10.8. The van der Waals surface area contributed by atoms with Crippen molar-refractivity contribution in [3.05, 3.63) is 131 Å². The van der Waals surface area contributed by atoms with Crippen LogP contribution in [-0.4, -0.2) is 26.0 Å². The minimum absolute atomic E-state index is 0.0395. The topological polar surface area (TPSA) is 76.7 Å². The van der Waals surface area contributed by atoms with E-state index in [0.717, 1.165) is 39.3 Å². The van der Waals surface area contributed by atoms with Crippen molar-refractivity contribution in [2.75, 3.05) is 14.2 Å². The first-order valence-corrected chi connectivity index (χ1v) is 14.2. The molecule has 0 bridgehead atoms. The van der Waals surface area contributed by atoms with Crippen LogP contribution in [0, 0.1) is 6.92 Å². The molecule has 0 heterocycles. The van der Waals surface area contributed by atoms with Gasteiger partial charge < -0.3 is 20.1 Å². The molecular formula is C37H42N2O4. The van der Waals surface area contributed by atoms with E-state index in [1.165, 1.54) is 17.7 Å². The van der Waals surface area contributed by atoms with Crippen molar-refractivity contribution in [2.45, 2.75) is 46.2 Å². The molecule has 3 rings (SSSR count). The van der Waals surface area contributed by atoms with Crippen LogP contribution in [0.3, 0.4) is 0 Å². The summed E-state index contributed by atoms with van der Waals surface area (Å²) < 4.78 is 10.9. The highest BCUT2D eigenvalue weighted by Crippen LogP contribution is 2.29. The Hall–Kier alpha value is -4.84. The highest BCUT2D eigenvalue weighted by Gasteiger charge is 2.15. The summed E-state index contributed by atoms with van der Waals surface area (Å²) in [5, 5.41) is 5.76. The molecule has 3 aromatic rings. The minimum Gasteiger partial charge on any atom is -0.496 e. The Balaban J connectivity index is 1.41. The smallest absolute Gasteiger partial charge is 0.244 e. The van der Waals surface area contributed by atoms with Gasteiger partial charge in [-0.3, -0.25) is 9.59 Å². The van der Waals surface area contributed by atoms with Crippen LogP contribution in [0.5, 0.6) is 11.5 Å². The third-order valence-corrected chi connectivity index (χ3v) is 6.71. The van der Waals surface area contributed by atoms with Gasteiger partial charge in [0.2, 0.25) is 11.8 Å². The Morgan fingerprint density at radius 1 is 0.674 bits per heavy atom. The number of methoxy groups -OCH3 is 2. The second kappa shape index (κ2) is 16.0. The van der Waals surface area contributed by atoms with E-state index >= 15 is 0 Å². The maximum absolute atomic E-state index is 12.3. The maximum Gasteiger partial charge on any atom is 0.244 e. The molecule has 0 aromatic heterocycles. The van der Waals surface area contributed by atoms with Gasteiger partial charge in [0.1, 0.15) is 11.5 Å². The predicted octanol–water partition coefficient (Wildman–Crippen LogP) is 7.08. The summed E-state index contributed by atoms with van der Waals surface area (Å²) in [6.45, 7) is 9.32. The molecule has 0 aliphatic rings. The van der Waals surface area contributed by atoms with Gasteiger partial charge in [0.05, 0.1) is 14.2 Å². The molecule has 6 heteroatoms. The number of carbonyl (C=O) groups excluding carboxylic acids is 2. The van der Waals surface area contributed by atoms with Gasteiger partial charge in [0.15, 0.2) is 0 Å². The Bertz CT molecular complexity index is 1510. The van der Waals surface area contributed by atoms with Gasteiger partial charge in [0.25, 0.3) is 0 Å². The Labute approximate surface area is 255 Å². The number of allylic oxidation sites excluding steroid dienone is 4. The molecule has 43 heavy (non-hydrogen) atoms. The molecule has 0 spiro atoms. The van der Waals surface area contributed by atoms with Gasteiger partial charge in [-0.1, -0.05) is 106 Å². The lowest BCUT2D eigenvalue weighted by Gasteiger charge is -2.20. The largest absolute Gasteiger partial charge is 0.496 e. The van der Waals surface area contributed by atoms with Gasteiger partial charge in [-0.25, -0.2) is 0 Å². The van der Waals surface area contributed by atoms with Gasteiger partial charge >= 0.3 is 0 Å². The van der Waals surface area contributed by atoms with Crippen LogP contribution in [-0.2, 0) is 28.1 Å². The van der Waals surface area contributed by atoms with E-state index in [1.54, 1.807) is 26.4 Å². The first-order valence-electron chi connectivity index (χ1n) is 14.2. The van der Waals surface area contributed by atoms with Crippen LogP contribution in [0.1, 0.15) is 54.2 Å². The molecule has 3 aromatic carbocycles. The number of rotatable bonds is 12. The van der Waals surface area contributed by atoms with Crippen molar-refractivity contribution in [1.82, 2.24) is 10.6 Å². The lowest BCUT2D eigenvalue weighted by Crippen LogP contribution is -2.21. The number of hydrogen-bond donors (Lipinski definition) is 2. The zero-order chi connectivity index (χ0) is 31.2. The maximum atomic E-state index is 12.3. The fourth-order valence-electron chi connectivity index (χ4n) is 4.15. The predicted molar refractivity (Wildman–Crippen MR) is 176 cm³/mol. The Morgan fingerprint density at radius 2 is 1.14 bits per heavy atom. The summed E-state index contributed by atoms with van der Waals surface area (Å²) in [5.41, 5.74) is 6.19. The van der Waals surface area contributed by atoms with Crippen molar-refractivity contribution in [2.24, 2.45) is 0 Å². The molecule has 0 aliphatic heterocycles. The van der Waals surface area contributed by atoms with Crippen LogP contribution in [0.4, 0.5) is 0 Å². The number of benzene rings is 3.